The highest BCUT2D eigenvalue weighted by Gasteiger charge is 2.28. The van der Waals surface area contributed by atoms with E-state index in [-0.39, 0.29) is 23.6 Å². The van der Waals surface area contributed by atoms with Crippen LogP contribution in [0.25, 0.3) is 11.1 Å². The average molecular weight is 368 g/mol. The summed E-state index contributed by atoms with van der Waals surface area (Å²) in [4.78, 5) is 23.8. The molecule has 0 spiro atoms. The number of benzene rings is 1. The first-order valence-electron chi connectivity index (χ1n) is 8.22. The molecule has 0 aliphatic carbocycles. The van der Waals surface area contributed by atoms with Gasteiger partial charge in [0.05, 0.1) is 17.0 Å². The second-order valence-electron chi connectivity index (χ2n) is 5.92. The summed E-state index contributed by atoms with van der Waals surface area (Å²) in [6, 6.07) is 4.24. The summed E-state index contributed by atoms with van der Waals surface area (Å²) >= 11 is 0. The van der Waals surface area contributed by atoms with E-state index in [2.05, 4.69) is 0 Å². The fourth-order valence-corrected chi connectivity index (χ4v) is 4.36. The Morgan fingerprint density at radius 1 is 1.28 bits per heavy atom. The number of nitrogens with zero attached hydrogens (tertiary/aromatic N) is 2. The van der Waals surface area contributed by atoms with Crippen molar-refractivity contribution in [2.24, 2.45) is 0 Å². The highest BCUT2D eigenvalue weighted by Crippen LogP contribution is 2.24. The van der Waals surface area contributed by atoms with Gasteiger partial charge in [0, 0.05) is 19.2 Å². The summed E-state index contributed by atoms with van der Waals surface area (Å²) in [5.74, 6) is -1.26. The summed E-state index contributed by atoms with van der Waals surface area (Å²) in [6.07, 6.45) is 2.37. The van der Waals surface area contributed by atoms with Crippen LogP contribution in [0.3, 0.4) is 0 Å². The minimum atomic E-state index is -3.60. The molecule has 136 valence electrons. The number of carbonyl (C=O) groups excluding carboxylic acids is 1. The second-order valence-corrected chi connectivity index (χ2v) is 7.85. The number of rotatable bonds is 6. The van der Waals surface area contributed by atoms with E-state index in [1.807, 2.05) is 6.92 Å². The minimum Gasteiger partial charge on any atom is -0.464 e. The first kappa shape index (κ1) is 17.7. The van der Waals surface area contributed by atoms with Gasteiger partial charge in [-0.2, -0.15) is 4.31 Å². The first-order chi connectivity index (χ1) is 11.9. The molecule has 1 aliphatic heterocycles. The van der Waals surface area contributed by atoms with Crippen LogP contribution in [-0.4, -0.2) is 43.0 Å². The zero-order chi connectivity index (χ0) is 18.0. The van der Waals surface area contributed by atoms with Crippen molar-refractivity contribution < 1.29 is 22.4 Å². The molecule has 0 amide bonds. The zero-order valence-corrected chi connectivity index (χ0v) is 14.8. The lowest BCUT2D eigenvalue weighted by Crippen LogP contribution is -2.27. The molecule has 1 fully saturated rings. The van der Waals surface area contributed by atoms with E-state index in [9.17, 15) is 18.0 Å². The fraction of sp³-hybridized carbons (Fsp3) is 0.500. The first-order valence-corrected chi connectivity index (χ1v) is 9.66. The van der Waals surface area contributed by atoms with Gasteiger partial charge in [-0.05, 0) is 31.4 Å². The number of hydrogen-bond acceptors (Lipinski definition) is 6. The van der Waals surface area contributed by atoms with Gasteiger partial charge in [0.2, 0.25) is 10.0 Å². The van der Waals surface area contributed by atoms with Crippen LogP contribution in [0.5, 0.6) is 0 Å². The summed E-state index contributed by atoms with van der Waals surface area (Å²) in [5, 5.41) is 0. The van der Waals surface area contributed by atoms with Crippen LogP contribution in [0, 0.1) is 0 Å². The van der Waals surface area contributed by atoms with Crippen LogP contribution in [0.2, 0.25) is 0 Å². The number of sulfonamides is 1. The highest BCUT2D eigenvalue weighted by molar-refractivity contribution is 7.89. The molecular formula is C16H20N2O6S. The molecule has 9 heteroatoms. The third-order valence-corrected chi connectivity index (χ3v) is 5.99. The number of oxazole rings is 1. The lowest BCUT2D eigenvalue weighted by molar-refractivity contribution is -0.144. The fourth-order valence-electron chi connectivity index (χ4n) is 2.83. The smallest absolute Gasteiger partial charge is 0.420 e. The normalized spacial score (nSPS) is 15.7. The summed E-state index contributed by atoms with van der Waals surface area (Å²) in [7, 11) is -3.60. The SMILES string of the molecule is CCCOC(=O)Cn1c(=O)oc2cc(S(=O)(=O)N3CCCC3)ccc21. The van der Waals surface area contributed by atoms with Gasteiger partial charge in [-0.15, -0.1) is 0 Å². The van der Waals surface area contributed by atoms with E-state index in [4.69, 9.17) is 9.15 Å². The Bertz CT molecular complexity index is 937. The number of aromatic nitrogens is 1. The van der Waals surface area contributed by atoms with E-state index in [1.54, 1.807) is 0 Å². The van der Waals surface area contributed by atoms with Crippen molar-refractivity contribution in [1.29, 1.82) is 0 Å². The maximum absolute atomic E-state index is 12.6. The van der Waals surface area contributed by atoms with Crippen LogP contribution < -0.4 is 5.76 Å². The quantitative estimate of drug-likeness (QED) is 0.714. The van der Waals surface area contributed by atoms with Crippen LogP contribution >= 0.6 is 0 Å². The Hall–Kier alpha value is -2.13. The number of esters is 1. The van der Waals surface area contributed by atoms with Crippen LogP contribution in [-0.2, 0) is 26.1 Å². The van der Waals surface area contributed by atoms with Crippen molar-refractivity contribution in [1.82, 2.24) is 8.87 Å². The molecule has 25 heavy (non-hydrogen) atoms. The van der Waals surface area contributed by atoms with Gasteiger partial charge in [0.1, 0.15) is 6.54 Å². The topological polar surface area (TPSA) is 98.8 Å². The van der Waals surface area contributed by atoms with Crippen molar-refractivity contribution in [3.05, 3.63) is 28.7 Å². The maximum Gasteiger partial charge on any atom is 0.420 e. The highest BCUT2D eigenvalue weighted by atomic mass is 32.2. The molecule has 2 heterocycles. The van der Waals surface area contributed by atoms with Crippen molar-refractivity contribution in [2.75, 3.05) is 19.7 Å². The van der Waals surface area contributed by atoms with Crippen molar-refractivity contribution >= 4 is 27.1 Å². The molecule has 1 aromatic heterocycles. The lowest BCUT2D eigenvalue weighted by atomic mass is 10.3. The molecule has 0 radical (unpaired) electrons. The van der Waals surface area contributed by atoms with E-state index >= 15 is 0 Å². The van der Waals surface area contributed by atoms with Gasteiger partial charge in [0.25, 0.3) is 0 Å². The number of ether oxygens (including phenoxy) is 1. The van der Waals surface area contributed by atoms with Crippen LogP contribution in [0.15, 0.2) is 32.3 Å². The Kier molecular flexibility index (Phi) is 4.96. The zero-order valence-electron chi connectivity index (χ0n) is 13.9. The molecule has 8 nitrogen and oxygen atoms in total. The molecule has 0 N–H and O–H groups in total. The molecule has 3 rings (SSSR count). The Morgan fingerprint density at radius 3 is 2.68 bits per heavy atom. The molecule has 0 bridgehead atoms. The summed E-state index contributed by atoms with van der Waals surface area (Å²) in [6.45, 7) is 2.86. The largest absolute Gasteiger partial charge is 0.464 e. The molecular weight excluding hydrogens is 348 g/mol. The van der Waals surface area contributed by atoms with Crippen molar-refractivity contribution in [3.8, 4) is 0 Å². The monoisotopic (exact) mass is 368 g/mol. The van der Waals surface area contributed by atoms with Gasteiger partial charge in [0.15, 0.2) is 5.58 Å². The van der Waals surface area contributed by atoms with Crippen LogP contribution in [0.1, 0.15) is 26.2 Å². The molecule has 0 atom stereocenters. The van der Waals surface area contributed by atoms with Crippen molar-refractivity contribution in [2.45, 2.75) is 37.6 Å². The van der Waals surface area contributed by atoms with E-state index in [0.717, 1.165) is 17.4 Å². The predicted octanol–water partition coefficient (Wildman–Crippen LogP) is 1.33. The molecule has 0 unspecified atom stereocenters. The third kappa shape index (κ3) is 3.47. The number of carbonyl (C=O) groups is 1. The third-order valence-electron chi connectivity index (χ3n) is 4.10. The van der Waals surface area contributed by atoms with Gasteiger partial charge in [-0.3, -0.25) is 9.36 Å². The number of fused-ring (bicyclic) bond motifs is 1. The van der Waals surface area contributed by atoms with Crippen molar-refractivity contribution in [3.63, 3.8) is 0 Å². The Labute approximate surface area is 145 Å². The van der Waals surface area contributed by atoms with Gasteiger partial charge in [-0.25, -0.2) is 13.2 Å². The van der Waals surface area contributed by atoms with Gasteiger partial charge < -0.3 is 9.15 Å². The minimum absolute atomic E-state index is 0.0800. The Morgan fingerprint density at radius 2 is 2.00 bits per heavy atom. The predicted molar refractivity (Wildman–Crippen MR) is 89.7 cm³/mol. The van der Waals surface area contributed by atoms with Gasteiger partial charge in [-0.1, -0.05) is 6.92 Å². The molecule has 0 saturated carbocycles. The standard InChI is InChI=1S/C16H20N2O6S/c1-2-9-23-15(19)11-18-13-6-5-12(10-14(13)24-16(18)20)25(21,22)17-7-3-4-8-17/h5-6,10H,2-4,7-9,11H2,1H3. The number of hydrogen-bond donors (Lipinski definition) is 0. The Balaban J connectivity index is 1.92. The maximum atomic E-state index is 12.6. The van der Waals surface area contributed by atoms with E-state index in [1.165, 1.54) is 22.5 Å². The molecule has 1 aliphatic rings. The molecule has 1 saturated heterocycles. The van der Waals surface area contributed by atoms with Crippen LogP contribution in [0.4, 0.5) is 0 Å². The summed E-state index contributed by atoms with van der Waals surface area (Å²) < 4.78 is 37.8. The van der Waals surface area contributed by atoms with E-state index in [0.29, 0.717) is 25.0 Å². The second kappa shape index (κ2) is 7.01. The van der Waals surface area contributed by atoms with E-state index < -0.39 is 21.7 Å². The average Bonchev–Trinajstić information content (AvgIpc) is 3.22. The summed E-state index contributed by atoms with van der Waals surface area (Å²) in [5.41, 5.74) is 0.493. The lowest BCUT2D eigenvalue weighted by Gasteiger charge is -2.15. The molecule has 1 aromatic carbocycles. The van der Waals surface area contributed by atoms with Gasteiger partial charge >= 0.3 is 11.7 Å². The molecule has 2 aromatic rings.